The molecule has 16 heteroatoms. The third-order valence-electron chi connectivity index (χ3n) is 6.50. The van der Waals surface area contributed by atoms with E-state index in [0.29, 0.717) is 11.1 Å². The highest BCUT2D eigenvalue weighted by molar-refractivity contribution is 6.16. The lowest BCUT2D eigenvalue weighted by Gasteiger charge is -2.38. The standard InChI is InChI=1S/C33H32O16/c1-16(9-13-20-28(38)46-32(3,4)47-29(20)39)7-11-18-24(34)42-22(43-25(18)35)15-23-44-26(36)19(27(37)45-23)12-8-17(2)10-14-21-30(40)48-33(5,6)49-31(21)41/h7-14,22-23,34,36H,15H2,1-6H3/p-2/b11-7+,12-8+,16-9+,17-10+. The van der Waals surface area contributed by atoms with Crippen molar-refractivity contribution in [2.24, 2.45) is 0 Å². The first kappa shape index (κ1) is 35.8. The number of hydrogen-bond acceptors (Lipinski definition) is 16. The van der Waals surface area contributed by atoms with Gasteiger partial charge in [0.15, 0.2) is 12.6 Å². The maximum absolute atomic E-state index is 12.5. The van der Waals surface area contributed by atoms with E-state index in [9.17, 15) is 39.0 Å². The predicted molar refractivity (Wildman–Crippen MR) is 155 cm³/mol. The molecule has 260 valence electrons. The largest absolute Gasteiger partial charge is 0.576 e. The van der Waals surface area contributed by atoms with Crippen LogP contribution in [0.3, 0.4) is 0 Å². The average molecular weight is 683 g/mol. The highest BCUT2D eigenvalue weighted by atomic mass is 16.8. The molecule has 0 bridgehead atoms. The first-order chi connectivity index (χ1) is 22.8. The van der Waals surface area contributed by atoms with Gasteiger partial charge in [-0.1, -0.05) is 35.5 Å². The SMILES string of the molecule is CC(/C=C/C1=C([O-])OC(CC2OC(=O)C(/C=C/C(C)=C/C=C3C(=O)OC(C)(C)OC3=O)=C([O-])O2)OC1=O)=C\C=C1C(=O)OC(C)(C)OC1=O. The van der Waals surface area contributed by atoms with Gasteiger partial charge in [0.2, 0.25) is 0 Å². The van der Waals surface area contributed by atoms with Gasteiger partial charge in [0.25, 0.3) is 11.6 Å². The second-order valence-electron chi connectivity index (χ2n) is 11.5. The molecule has 4 aliphatic rings. The first-order valence-corrected chi connectivity index (χ1v) is 14.5. The number of ether oxygens (including phenoxy) is 8. The topological polar surface area (TPSA) is 222 Å². The Morgan fingerprint density at radius 1 is 0.571 bits per heavy atom. The molecule has 0 aromatic heterocycles. The normalized spacial score (nSPS) is 24.4. The number of hydrogen-bond donors (Lipinski definition) is 0. The molecule has 2 atom stereocenters. The van der Waals surface area contributed by atoms with E-state index in [4.69, 9.17) is 37.9 Å². The third kappa shape index (κ3) is 9.06. The van der Waals surface area contributed by atoms with Crippen LogP contribution in [0.5, 0.6) is 0 Å². The van der Waals surface area contributed by atoms with Crippen molar-refractivity contribution in [3.8, 4) is 0 Å². The second-order valence-corrected chi connectivity index (χ2v) is 11.5. The predicted octanol–water partition coefficient (Wildman–Crippen LogP) is 0.849. The van der Waals surface area contributed by atoms with E-state index in [1.54, 1.807) is 13.8 Å². The Balaban J connectivity index is 1.35. The van der Waals surface area contributed by atoms with Gasteiger partial charge in [0.1, 0.15) is 11.1 Å². The fourth-order valence-electron chi connectivity index (χ4n) is 4.13. The molecular weight excluding hydrogens is 652 g/mol. The molecule has 0 aromatic rings. The van der Waals surface area contributed by atoms with Crippen molar-refractivity contribution < 1.29 is 76.9 Å². The number of rotatable bonds is 8. The van der Waals surface area contributed by atoms with Crippen molar-refractivity contribution in [2.45, 2.75) is 72.1 Å². The van der Waals surface area contributed by atoms with E-state index >= 15 is 0 Å². The molecule has 0 amide bonds. The van der Waals surface area contributed by atoms with Crippen LogP contribution < -0.4 is 10.2 Å². The van der Waals surface area contributed by atoms with Crippen molar-refractivity contribution in [3.05, 3.63) is 93.9 Å². The fourth-order valence-corrected chi connectivity index (χ4v) is 4.13. The van der Waals surface area contributed by atoms with Crippen molar-refractivity contribution in [2.75, 3.05) is 0 Å². The van der Waals surface area contributed by atoms with Gasteiger partial charge in [-0.05, 0) is 38.2 Å². The zero-order valence-electron chi connectivity index (χ0n) is 27.0. The number of cyclic esters (lactones) is 6. The third-order valence-corrected chi connectivity index (χ3v) is 6.50. The Hall–Kier alpha value is -6.06. The Morgan fingerprint density at radius 2 is 0.898 bits per heavy atom. The maximum atomic E-state index is 12.5. The summed E-state index contributed by atoms with van der Waals surface area (Å²) in [6.45, 7) is 8.71. The number of allylic oxidation sites excluding steroid dienone is 8. The van der Waals surface area contributed by atoms with Gasteiger partial charge >= 0.3 is 35.8 Å². The Morgan fingerprint density at radius 3 is 1.20 bits per heavy atom. The molecule has 0 aromatic carbocycles. The van der Waals surface area contributed by atoms with Crippen LogP contribution in [0.25, 0.3) is 0 Å². The molecule has 0 aliphatic carbocycles. The minimum atomic E-state index is -1.56. The Bertz CT molecular complexity index is 1570. The zero-order valence-corrected chi connectivity index (χ0v) is 27.0. The lowest BCUT2D eigenvalue weighted by molar-refractivity contribution is -0.392. The van der Waals surface area contributed by atoms with Gasteiger partial charge in [-0.25, -0.2) is 28.8 Å². The summed E-state index contributed by atoms with van der Waals surface area (Å²) in [5.41, 5.74) is -0.886. The Kier molecular flexibility index (Phi) is 10.2. The smallest absolute Gasteiger partial charge is 0.348 e. The second kappa shape index (κ2) is 14.0. The Labute approximate surface area is 278 Å². The van der Waals surface area contributed by atoms with Crippen LogP contribution >= 0.6 is 0 Å². The molecule has 16 nitrogen and oxygen atoms in total. The van der Waals surface area contributed by atoms with E-state index in [-0.39, 0.29) is 11.1 Å². The first-order valence-electron chi connectivity index (χ1n) is 14.5. The van der Waals surface area contributed by atoms with E-state index in [0.717, 1.165) is 24.3 Å². The van der Waals surface area contributed by atoms with Crippen molar-refractivity contribution in [3.63, 3.8) is 0 Å². The molecule has 49 heavy (non-hydrogen) atoms. The van der Waals surface area contributed by atoms with Crippen LogP contribution in [0, 0.1) is 0 Å². The van der Waals surface area contributed by atoms with Crippen molar-refractivity contribution in [1.29, 1.82) is 0 Å². The van der Waals surface area contributed by atoms with Gasteiger partial charge in [-0.3, -0.25) is 0 Å². The summed E-state index contributed by atoms with van der Waals surface area (Å²) in [4.78, 5) is 73.2. The molecule has 4 heterocycles. The zero-order chi connectivity index (χ0) is 36.3. The summed E-state index contributed by atoms with van der Waals surface area (Å²) in [7, 11) is 0. The lowest BCUT2D eigenvalue weighted by atomic mass is 10.1. The molecule has 4 rings (SSSR count). The summed E-state index contributed by atoms with van der Waals surface area (Å²) in [6.07, 6.45) is 6.22. The molecule has 0 saturated carbocycles. The average Bonchev–Trinajstić information content (AvgIpc) is 2.94. The van der Waals surface area contributed by atoms with Gasteiger partial charge in [-0.2, -0.15) is 0 Å². The van der Waals surface area contributed by atoms with Gasteiger partial charge < -0.3 is 48.1 Å². The van der Waals surface area contributed by atoms with E-state index in [1.807, 2.05) is 0 Å². The lowest BCUT2D eigenvalue weighted by Crippen LogP contribution is -2.41. The summed E-state index contributed by atoms with van der Waals surface area (Å²) in [5.74, 6) is -10.6. The van der Waals surface area contributed by atoms with Crippen LogP contribution in [-0.2, 0) is 66.7 Å². The molecule has 0 N–H and O–H groups in total. The van der Waals surface area contributed by atoms with Crippen LogP contribution in [-0.4, -0.2) is 60.0 Å². The molecular formula is C33H30O16-2. The van der Waals surface area contributed by atoms with E-state index in [2.05, 4.69) is 0 Å². The fraction of sp³-hybridized carbons (Fsp3) is 0.333. The molecule has 2 saturated heterocycles. The quantitative estimate of drug-likeness (QED) is 0.114. The summed E-state index contributed by atoms with van der Waals surface area (Å²) in [6, 6.07) is 0. The number of carbonyl (C=O) groups is 6. The molecule has 0 spiro atoms. The minimum Gasteiger partial charge on any atom is -0.576 e. The van der Waals surface area contributed by atoms with Crippen LogP contribution in [0.15, 0.2) is 93.9 Å². The van der Waals surface area contributed by atoms with Crippen LogP contribution in [0.2, 0.25) is 0 Å². The monoisotopic (exact) mass is 682 g/mol. The van der Waals surface area contributed by atoms with Crippen LogP contribution in [0.1, 0.15) is 48.0 Å². The summed E-state index contributed by atoms with van der Waals surface area (Å²) >= 11 is 0. The van der Waals surface area contributed by atoms with Gasteiger partial charge in [0, 0.05) is 34.1 Å². The molecule has 4 aliphatic heterocycles. The molecule has 2 fully saturated rings. The summed E-state index contributed by atoms with van der Waals surface area (Å²) in [5, 5.41) is 25.0. The molecule has 2 unspecified atom stereocenters. The van der Waals surface area contributed by atoms with Crippen molar-refractivity contribution in [1.82, 2.24) is 0 Å². The maximum Gasteiger partial charge on any atom is 0.348 e. The molecule has 0 radical (unpaired) electrons. The van der Waals surface area contributed by atoms with Crippen molar-refractivity contribution >= 4 is 35.8 Å². The van der Waals surface area contributed by atoms with E-state index in [1.165, 1.54) is 52.0 Å². The van der Waals surface area contributed by atoms with Crippen LogP contribution in [0.4, 0.5) is 0 Å². The highest BCUT2D eigenvalue weighted by Crippen LogP contribution is 2.27. The summed E-state index contributed by atoms with van der Waals surface area (Å²) < 4.78 is 40.3. The number of esters is 6. The number of carbonyl (C=O) groups excluding carboxylic acids is 6. The van der Waals surface area contributed by atoms with Gasteiger partial charge in [0.05, 0.1) is 23.0 Å². The van der Waals surface area contributed by atoms with E-state index < -0.39 is 89.4 Å². The minimum absolute atomic E-state index is 0.354. The highest BCUT2D eigenvalue weighted by Gasteiger charge is 2.39. The van der Waals surface area contributed by atoms with Gasteiger partial charge in [-0.15, -0.1) is 0 Å².